The maximum absolute atomic E-state index is 12.2. The zero-order valence-corrected chi connectivity index (χ0v) is 13.3. The summed E-state index contributed by atoms with van der Waals surface area (Å²) in [6.45, 7) is 3.69. The third-order valence-corrected chi connectivity index (χ3v) is 3.67. The number of nitrogens with one attached hydrogen (secondary N) is 2. The Labute approximate surface area is 138 Å². The molecule has 0 aliphatic heterocycles. The van der Waals surface area contributed by atoms with Crippen molar-refractivity contribution >= 4 is 28.4 Å². The minimum Gasteiger partial charge on any atom is -0.508 e. The lowest BCUT2D eigenvalue weighted by atomic mass is 10.1. The Morgan fingerprint density at radius 2 is 1.88 bits per heavy atom. The number of carbonyl (C=O) groups is 2. The van der Waals surface area contributed by atoms with E-state index in [0.29, 0.717) is 17.1 Å². The summed E-state index contributed by atoms with van der Waals surface area (Å²) >= 11 is 0. The molecular weight excluding hydrogens is 306 g/mol. The lowest BCUT2D eigenvalue weighted by molar-refractivity contribution is 0.0934. The van der Waals surface area contributed by atoms with Crippen LogP contribution >= 0.6 is 0 Å². The van der Waals surface area contributed by atoms with Crippen LogP contribution in [0.15, 0.2) is 42.6 Å². The van der Waals surface area contributed by atoms with Crippen molar-refractivity contribution in [2.75, 3.05) is 5.32 Å². The molecule has 0 bridgehead atoms. The second-order valence-corrected chi connectivity index (χ2v) is 5.86. The van der Waals surface area contributed by atoms with Crippen LogP contribution < -0.4 is 5.32 Å². The van der Waals surface area contributed by atoms with E-state index in [1.165, 1.54) is 24.3 Å². The van der Waals surface area contributed by atoms with Gasteiger partial charge in [0.25, 0.3) is 5.91 Å². The number of aromatic nitrogens is 2. The molecule has 3 N–H and O–H groups in total. The van der Waals surface area contributed by atoms with E-state index >= 15 is 0 Å². The summed E-state index contributed by atoms with van der Waals surface area (Å²) in [5.41, 5.74) is 1.69. The molecular formula is C18H17N3O3. The van der Waals surface area contributed by atoms with Crippen LogP contribution in [0, 0.1) is 5.92 Å². The molecule has 2 aromatic heterocycles. The van der Waals surface area contributed by atoms with Gasteiger partial charge in [0.1, 0.15) is 11.6 Å². The molecule has 0 aliphatic carbocycles. The number of fused-ring (bicyclic) bond motifs is 1. The summed E-state index contributed by atoms with van der Waals surface area (Å²) in [6, 6.07) is 9.41. The van der Waals surface area contributed by atoms with Crippen LogP contribution in [0.4, 0.5) is 5.82 Å². The summed E-state index contributed by atoms with van der Waals surface area (Å²) in [5.74, 6) is 0.0975. The number of H-pyrrole nitrogens is 1. The van der Waals surface area contributed by atoms with Crippen molar-refractivity contribution in [2.45, 2.75) is 13.8 Å². The van der Waals surface area contributed by atoms with Crippen molar-refractivity contribution in [3.63, 3.8) is 0 Å². The van der Waals surface area contributed by atoms with Gasteiger partial charge in [0.15, 0.2) is 5.78 Å². The van der Waals surface area contributed by atoms with Gasteiger partial charge in [-0.2, -0.15) is 0 Å². The average Bonchev–Trinajstić information content (AvgIpc) is 2.97. The number of nitrogens with zero attached hydrogens (tertiary/aromatic N) is 1. The first-order valence-corrected chi connectivity index (χ1v) is 7.57. The smallest absolute Gasteiger partial charge is 0.256 e. The fourth-order valence-electron chi connectivity index (χ4n) is 2.34. The van der Waals surface area contributed by atoms with Crippen LogP contribution in [0.1, 0.15) is 34.7 Å². The van der Waals surface area contributed by atoms with E-state index in [1.807, 2.05) is 13.8 Å². The molecule has 24 heavy (non-hydrogen) atoms. The number of pyridine rings is 1. The topological polar surface area (TPSA) is 95.1 Å². The molecule has 0 fully saturated rings. The Balaban J connectivity index is 1.84. The Morgan fingerprint density at radius 1 is 1.17 bits per heavy atom. The fraction of sp³-hybridized carbons (Fsp3) is 0.167. The second-order valence-electron chi connectivity index (χ2n) is 5.86. The average molecular weight is 323 g/mol. The van der Waals surface area contributed by atoms with Gasteiger partial charge >= 0.3 is 0 Å². The van der Waals surface area contributed by atoms with Crippen LogP contribution in [0.5, 0.6) is 5.75 Å². The molecule has 0 saturated carbocycles. The van der Waals surface area contributed by atoms with Gasteiger partial charge in [0.05, 0.1) is 17.4 Å². The van der Waals surface area contributed by atoms with Gasteiger partial charge in [-0.15, -0.1) is 0 Å². The number of carbonyl (C=O) groups excluding carboxylic acids is 2. The number of anilines is 1. The first-order valence-electron chi connectivity index (χ1n) is 7.57. The van der Waals surface area contributed by atoms with Gasteiger partial charge in [-0.1, -0.05) is 13.8 Å². The number of phenols is 1. The number of Topliss-reactive ketones (excluding diaryl/α,β-unsaturated/α-hetero) is 1. The zero-order chi connectivity index (χ0) is 17.3. The molecule has 1 amide bonds. The van der Waals surface area contributed by atoms with E-state index < -0.39 is 0 Å². The van der Waals surface area contributed by atoms with Crippen LogP contribution in [0.25, 0.3) is 10.9 Å². The van der Waals surface area contributed by atoms with Gasteiger partial charge in [-0.05, 0) is 36.4 Å². The van der Waals surface area contributed by atoms with Crippen molar-refractivity contribution in [3.8, 4) is 5.75 Å². The molecule has 6 nitrogen and oxygen atoms in total. The zero-order valence-electron chi connectivity index (χ0n) is 13.3. The molecule has 2 heterocycles. The lowest BCUT2D eigenvalue weighted by Crippen LogP contribution is -2.12. The number of phenolic OH excluding ortho intramolecular Hbond substituents is 1. The van der Waals surface area contributed by atoms with Gasteiger partial charge in [-0.3, -0.25) is 9.59 Å². The molecule has 122 valence electrons. The molecule has 6 heteroatoms. The quantitative estimate of drug-likeness (QED) is 0.642. The van der Waals surface area contributed by atoms with Gasteiger partial charge in [0.2, 0.25) is 0 Å². The van der Waals surface area contributed by atoms with E-state index in [9.17, 15) is 14.7 Å². The lowest BCUT2D eigenvalue weighted by Gasteiger charge is -2.04. The SMILES string of the molecule is CC(C)C(=O)c1cc2cc(NC(=O)c3ccc(O)cc3)ncc2[nH]1. The van der Waals surface area contributed by atoms with Gasteiger partial charge in [-0.25, -0.2) is 4.98 Å². The van der Waals surface area contributed by atoms with Gasteiger partial charge < -0.3 is 15.4 Å². The Hall–Kier alpha value is -3.15. The minimum atomic E-state index is -0.323. The Bertz CT molecular complexity index is 911. The monoisotopic (exact) mass is 323 g/mol. The number of aromatic amines is 1. The van der Waals surface area contributed by atoms with Crippen molar-refractivity contribution < 1.29 is 14.7 Å². The van der Waals surface area contributed by atoms with Crippen molar-refractivity contribution in [1.29, 1.82) is 0 Å². The highest BCUT2D eigenvalue weighted by Gasteiger charge is 2.14. The molecule has 0 unspecified atom stereocenters. The van der Waals surface area contributed by atoms with Crippen molar-refractivity contribution in [2.24, 2.45) is 5.92 Å². The third kappa shape index (κ3) is 3.12. The second kappa shape index (κ2) is 6.16. The number of rotatable bonds is 4. The van der Waals surface area contributed by atoms with Crippen LogP contribution in [-0.4, -0.2) is 26.8 Å². The molecule has 3 aromatic rings. The molecule has 0 atom stereocenters. The highest BCUT2D eigenvalue weighted by atomic mass is 16.3. The van der Waals surface area contributed by atoms with Crippen molar-refractivity contribution in [1.82, 2.24) is 9.97 Å². The maximum Gasteiger partial charge on any atom is 0.256 e. The highest BCUT2D eigenvalue weighted by Crippen LogP contribution is 2.20. The molecule has 0 spiro atoms. The number of ketones is 1. The Morgan fingerprint density at radius 3 is 2.54 bits per heavy atom. The largest absolute Gasteiger partial charge is 0.508 e. The normalized spacial score (nSPS) is 11.0. The van der Waals surface area contributed by atoms with Gasteiger partial charge in [0, 0.05) is 16.9 Å². The fourth-order valence-corrected chi connectivity index (χ4v) is 2.34. The predicted molar refractivity (Wildman–Crippen MR) is 91.3 cm³/mol. The van der Waals surface area contributed by atoms with E-state index in [1.54, 1.807) is 18.3 Å². The summed E-state index contributed by atoms with van der Waals surface area (Å²) in [7, 11) is 0. The molecule has 3 rings (SSSR count). The van der Waals surface area contributed by atoms with Crippen LogP contribution in [0.3, 0.4) is 0 Å². The van der Waals surface area contributed by atoms with Crippen molar-refractivity contribution in [3.05, 3.63) is 53.9 Å². The van der Waals surface area contributed by atoms with E-state index in [0.717, 1.165) is 10.9 Å². The number of aromatic hydroxyl groups is 1. The summed E-state index contributed by atoms with van der Waals surface area (Å²) in [6.07, 6.45) is 1.58. The number of hydrogen-bond acceptors (Lipinski definition) is 4. The number of benzene rings is 1. The number of amides is 1. The predicted octanol–water partition coefficient (Wildman–Crippen LogP) is 3.36. The molecule has 0 radical (unpaired) electrons. The summed E-state index contributed by atoms with van der Waals surface area (Å²) in [5, 5.41) is 12.8. The van der Waals surface area contributed by atoms with Crippen LogP contribution in [0.2, 0.25) is 0 Å². The summed E-state index contributed by atoms with van der Waals surface area (Å²) in [4.78, 5) is 31.4. The molecule has 0 aliphatic rings. The van der Waals surface area contributed by atoms with E-state index in [4.69, 9.17) is 0 Å². The first kappa shape index (κ1) is 15.7. The molecule has 1 aromatic carbocycles. The standard InChI is InChI=1S/C18H17N3O3/c1-10(2)17(23)14-7-12-8-16(19-9-15(12)20-14)21-18(24)11-3-5-13(22)6-4-11/h3-10,20,22H,1-2H3,(H,19,21,24). The van der Waals surface area contributed by atoms with E-state index in [2.05, 4.69) is 15.3 Å². The third-order valence-electron chi connectivity index (χ3n) is 3.67. The maximum atomic E-state index is 12.2. The number of hydrogen-bond donors (Lipinski definition) is 3. The first-order chi connectivity index (χ1) is 11.4. The molecule has 0 saturated heterocycles. The minimum absolute atomic E-state index is 0.0286. The van der Waals surface area contributed by atoms with Crippen LogP contribution in [-0.2, 0) is 0 Å². The van der Waals surface area contributed by atoms with E-state index in [-0.39, 0.29) is 23.4 Å². The highest BCUT2D eigenvalue weighted by molar-refractivity contribution is 6.05. The Kier molecular flexibility index (Phi) is 4.04. The summed E-state index contributed by atoms with van der Waals surface area (Å²) < 4.78 is 0.